The lowest BCUT2D eigenvalue weighted by atomic mass is 10.0. The predicted molar refractivity (Wildman–Crippen MR) is 70.9 cm³/mol. The molecule has 0 saturated carbocycles. The maximum Gasteiger partial charge on any atom is 0.232 e. The Labute approximate surface area is 107 Å². The van der Waals surface area contributed by atoms with Crippen molar-refractivity contribution in [1.82, 2.24) is 0 Å². The van der Waals surface area contributed by atoms with Gasteiger partial charge >= 0.3 is 0 Å². The highest BCUT2D eigenvalue weighted by Gasteiger charge is 2.40. The molecule has 0 bridgehead atoms. The topological polar surface area (TPSA) is 41.6 Å². The molecular formula is C14H18N2O2. The summed E-state index contributed by atoms with van der Waals surface area (Å²) in [6.07, 6.45) is 0. The van der Waals surface area contributed by atoms with E-state index in [1.165, 1.54) is 5.56 Å². The van der Waals surface area contributed by atoms with Gasteiger partial charge < -0.3 is 15.0 Å². The van der Waals surface area contributed by atoms with Crippen LogP contribution in [0.15, 0.2) is 18.2 Å². The molecule has 2 aliphatic rings. The number of ether oxygens (including phenoxy) is 1. The van der Waals surface area contributed by atoms with Crippen molar-refractivity contribution in [2.45, 2.75) is 19.9 Å². The fourth-order valence-corrected chi connectivity index (χ4v) is 2.89. The largest absolute Gasteiger partial charge is 0.378 e. The van der Waals surface area contributed by atoms with Gasteiger partial charge in [-0.25, -0.2) is 0 Å². The van der Waals surface area contributed by atoms with Crippen LogP contribution >= 0.6 is 0 Å². The number of amides is 1. The number of hydrogen-bond donors (Lipinski definition) is 1. The highest BCUT2D eigenvalue weighted by Crippen LogP contribution is 2.36. The summed E-state index contributed by atoms with van der Waals surface area (Å²) in [6, 6.07) is 6.33. The van der Waals surface area contributed by atoms with Crippen LogP contribution in [-0.4, -0.2) is 31.7 Å². The van der Waals surface area contributed by atoms with Crippen molar-refractivity contribution in [3.05, 3.63) is 23.8 Å². The number of benzene rings is 1. The Hall–Kier alpha value is -1.55. The van der Waals surface area contributed by atoms with Crippen LogP contribution in [-0.2, 0) is 9.53 Å². The first-order chi connectivity index (χ1) is 8.70. The molecule has 3 rings (SSSR count). The van der Waals surface area contributed by atoms with Crippen molar-refractivity contribution < 1.29 is 9.53 Å². The second kappa shape index (κ2) is 4.28. The van der Waals surface area contributed by atoms with Crippen LogP contribution in [0.4, 0.5) is 11.4 Å². The SMILES string of the molecule is CCN1c2cc(C)ccc2NC(=O)C2COCC21. The number of rotatable bonds is 1. The van der Waals surface area contributed by atoms with E-state index >= 15 is 0 Å². The molecule has 1 saturated heterocycles. The summed E-state index contributed by atoms with van der Waals surface area (Å²) >= 11 is 0. The molecule has 0 spiro atoms. The van der Waals surface area contributed by atoms with Crippen LogP contribution in [0.3, 0.4) is 0 Å². The molecule has 18 heavy (non-hydrogen) atoms. The summed E-state index contributed by atoms with van der Waals surface area (Å²) in [5.74, 6) is 0.0243. The number of likely N-dealkylation sites (N-methyl/N-ethyl adjacent to an activating group) is 1. The smallest absolute Gasteiger partial charge is 0.232 e. The molecule has 1 amide bonds. The molecule has 2 atom stereocenters. The Balaban J connectivity index is 2.10. The summed E-state index contributed by atoms with van der Waals surface area (Å²) in [6.45, 7) is 6.25. The lowest BCUT2D eigenvalue weighted by molar-refractivity contribution is -0.120. The number of fused-ring (bicyclic) bond motifs is 2. The molecule has 1 N–H and O–H groups in total. The predicted octanol–water partition coefficient (Wildman–Crippen LogP) is 1.79. The van der Waals surface area contributed by atoms with Crippen LogP contribution in [0.1, 0.15) is 12.5 Å². The van der Waals surface area contributed by atoms with E-state index in [1.54, 1.807) is 0 Å². The third-order valence-corrected chi connectivity index (χ3v) is 3.85. The van der Waals surface area contributed by atoms with E-state index in [1.807, 2.05) is 12.1 Å². The van der Waals surface area contributed by atoms with Gasteiger partial charge in [-0.2, -0.15) is 0 Å². The van der Waals surface area contributed by atoms with Crippen LogP contribution in [0.5, 0.6) is 0 Å². The Morgan fingerprint density at radius 3 is 3.06 bits per heavy atom. The Morgan fingerprint density at radius 2 is 2.28 bits per heavy atom. The minimum Gasteiger partial charge on any atom is -0.378 e. The summed E-state index contributed by atoms with van der Waals surface area (Å²) < 4.78 is 5.49. The molecule has 0 radical (unpaired) electrons. The quantitative estimate of drug-likeness (QED) is 0.821. The van der Waals surface area contributed by atoms with E-state index in [0.29, 0.717) is 13.2 Å². The zero-order valence-electron chi connectivity index (χ0n) is 10.8. The Bertz CT molecular complexity index is 487. The molecule has 2 unspecified atom stereocenters. The molecule has 1 fully saturated rings. The van der Waals surface area contributed by atoms with Crippen molar-refractivity contribution in [2.75, 3.05) is 30.0 Å². The molecule has 4 heteroatoms. The molecule has 1 aromatic rings. The van der Waals surface area contributed by atoms with Gasteiger partial charge in [-0.05, 0) is 31.5 Å². The monoisotopic (exact) mass is 246 g/mol. The van der Waals surface area contributed by atoms with Gasteiger partial charge in [-0.1, -0.05) is 6.07 Å². The molecule has 2 aliphatic heterocycles. The van der Waals surface area contributed by atoms with E-state index in [9.17, 15) is 4.79 Å². The van der Waals surface area contributed by atoms with E-state index in [-0.39, 0.29) is 17.9 Å². The first-order valence-electron chi connectivity index (χ1n) is 6.46. The van der Waals surface area contributed by atoms with Crippen molar-refractivity contribution in [2.24, 2.45) is 5.92 Å². The maximum atomic E-state index is 12.2. The number of nitrogens with one attached hydrogen (secondary N) is 1. The average Bonchev–Trinajstić information content (AvgIpc) is 2.79. The van der Waals surface area contributed by atoms with Gasteiger partial charge in [0.15, 0.2) is 0 Å². The highest BCUT2D eigenvalue weighted by molar-refractivity contribution is 5.98. The fraction of sp³-hybridized carbons (Fsp3) is 0.500. The molecule has 4 nitrogen and oxygen atoms in total. The molecular weight excluding hydrogens is 228 g/mol. The third-order valence-electron chi connectivity index (χ3n) is 3.85. The van der Waals surface area contributed by atoms with Gasteiger partial charge in [0, 0.05) is 6.54 Å². The van der Waals surface area contributed by atoms with Gasteiger partial charge in [0.1, 0.15) is 0 Å². The molecule has 96 valence electrons. The minimum atomic E-state index is -0.0577. The van der Waals surface area contributed by atoms with Gasteiger partial charge in [0.25, 0.3) is 0 Å². The Morgan fingerprint density at radius 1 is 1.44 bits per heavy atom. The van der Waals surface area contributed by atoms with Gasteiger partial charge in [0.2, 0.25) is 5.91 Å². The molecule has 0 aromatic heterocycles. The number of carbonyl (C=O) groups is 1. The van der Waals surface area contributed by atoms with Crippen molar-refractivity contribution in [3.8, 4) is 0 Å². The van der Waals surface area contributed by atoms with Gasteiger partial charge in [0.05, 0.1) is 36.5 Å². The lowest BCUT2D eigenvalue weighted by Crippen LogP contribution is -2.42. The molecule has 2 heterocycles. The van der Waals surface area contributed by atoms with E-state index < -0.39 is 0 Å². The summed E-state index contributed by atoms with van der Waals surface area (Å²) in [5.41, 5.74) is 3.24. The third kappa shape index (κ3) is 1.68. The van der Waals surface area contributed by atoms with E-state index in [0.717, 1.165) is 17.9 Å². The van der Waals surface area contributed by atoms with E-state index in [4.69, 9.17) is 4.74 Å². The van der Waals surface area contributed by atoms with Crippen LogP contribution in [0, 0.1) is 12.8 Å². The van der Waals surface area contributed by atoms with E-state index in [2.05, 4.69) is 30.1 Å². The summed E-state index contributed by atoms with van der Waals surface area (Å²) in [7, 11) is 0. The maximum absolute atomic E-state index is 12.2. The van der Waals surface area contributed by atoms with Crippen molar-refractivity contribution >= 4 is 17.3 Å². The summed E-state index contributed by atoms with van der Waals surface area (Å²) in [4.78, 5) is 14.5. The normalized spacial score (nSPS) is 26.3. The number of hydrogen-bond acceptors (Lipinski definition) is 3. The Kier molecular flexibility index (Phi) is 2.74. The van der Waals surface area contributed by atoms with Gasteiger partial charge in [-0.3, -0.25) is 4.79 Å². The van der Waals surface area contributed by atoms with Gasteiger partial charge in [-0.15, -0.1) is 0 Å². The minimum absolute atomic E-state index is 0.0577. The van der Waals surface area contributed by atoms with Crippen LogP contribution < -0.4 is 10.2 Å². The number of carbonyl (C=O) groups excluding carboxylic acids is 1. The number of anilines is 2. The average molecular weight is 246 g/mol. The zero-order chi connectivity index (χ0) is 12.7. The molecule has 0 aliphatic carbocycles. The first kappa shape index (κ1) is 11.5. The molecule has 1 aromatic carbocycles. The van der Waals surface area contributed by atoms with Crippen LogP contribution in [0.2, 0.25) is 0 Å². The fourth-order valence-electron chi connectivity index (χ4n) is 2.89. The first-order valence-corrected chi connectivity index (χ1v) is 6.46. The standard InChI is InChI=1S/C14H18N2O2/c1-3-16-12-6-9(2)4-5-11(12)15-14(17)10-7-18-8-13(10)16/h4-6,10,13H,3,7-8H2,1-2H3,(H,15,17). The van der Waals surface area contributed by atoms with Crippen molar-refractivity contribution in [1.29, 1.82) is 0 Å². The number of aryl methyl sites for hydroxylation is 1. The van der Waals surface area contributed by atoms with Crippen LogP contribution in [0.25, 0.3) is 0 Å². The second-order valence-corrected chi connectivity index (χ2v) is 5.01. The number of nitrogens with zero attached hydrogens (tertiary/aromatic N) is 1. The van der Waals surface area contributed by atoms with Crippen molar-refractivity contribution in [3.63, 3.8) is 0 Å². The zero-order valence-corrected chi connectivity index (χ0v) is 10.8. The lowest BCUT2D eigenvalue weighted by Gasteiger charge is -2.30. The summed E-state index contributed by atoms with van der Waals surface area (Å²) in [5, 5.41) is 3.02. The second-order valence-electron chi connectivity index (χ2n) is 5.01. The highest BCUT2D eigenvalue weighted by atomic mass is 16.5.